The van der Waals surface area contributed by atoms with Crippen molar-refractivity contribution in [3.05, 3.63) is 35.9 Å². The Morgan fingerprint density at radius 3 is 2.19 bits per heavy atom. The number of unbranched alkanes of at least 4 members (excludes halogenated alkanes) is 2. The zero-order valence-corrected chi connectivity index (χ0v) is 11.5. The molecule has 0 N–H and O–H groups in total. The van der Waals surface area contributed by atoms with Crippen molar-refractivity contribution in [2.75, 3.05) is 0 Å². The highest BCUT2D eigenvalue weighted by atomic mass is 14.1. The SMILES string of the molecule is CC.CCCCCC(C)Cc1ccccc1. The van der Waals surface area contributed by atoms with Crippen LogP contribution in [0.1, 0.15) is 58.9 Å². The number of hydrogen-bond acceptors (Lipinski definition) is 0. The van der Waals surface area contributed by atoms with Gasteiger partial charge in [-0.15, -0.1) is 0 Å². The van der Waals surface area contributed by atoms with Crippen molar-refractivity contribution in [3.63, 3.8) is 0 Å². The first-order valence-corrected chi connectivity index (χ1v) is 6.87. The van der Waals surface area contributed by atoms with Crippen LogP contribution in [-0.2, 0) is 6.42 Å². The molecule has 0 heterocycles. The van der Waals surface area contributed by atoms with E-state index in [0.717, 1.165) is 5.92 Å². The molecule has 0 fully saturated rings. The number of hydrogen-bond donors (Lipinski definition) is 0. The van der Waals surface area contributed by atoms with Crippen LogP contribution in [0, 0.1) is 5.92 Å². The van der Waals surface area contributed by atoms with Crippen LogP contribution in [-0.4, -0.2) is 0 Å². The minimum Gasteiger partial charge on any atom is -0.0683 e. The fourth-order valence-corrected chi connectivity index (χ4v) is 1.86. The molecule has 0 nitrogen and oxygen atoms in total. The van der Waals surface area contributed by atoms with Crippen LogP contribution in [0.5, 0.6) is 0 Å². The standard InChI is InChI=1S/C14H22.C2H6/c1-3-4-6-9-13(2)12-14-10-7-5-8-11-14;1-2/h5,7-8,10-11,13H,3-4,6,9,12H2,1-2H3;1-2H3. The highest BCUT2D eigenvalue weighted by Gasteiger charge is 2.02. The van der Waals surface area contributed by atoms with E-state index in [1.165, 1.54) is 37.7 Å². The minimum atomic E-state index is 0.837. The van der Waals surface area contributed by atoms with Gasteiger partial charge in [0.1, 0.15) is 0 Å². The van der Waals surface area contributed by atoms with E-state index in [0.29, 0.717) is 0 Å². The summed E-state index contributed by atoms with van der Waals surface area (Å²) in [6, 6.07) is 10.8. The van der Waals surface area contributed by atoms with E-state index in [4.69, 9.17) is 0 Å². The van der Waals surface area contributed by atoms with Crippen molar-refractivity contribution in [2.24, 2.45) is 5.92 Å². The third kappa shape index (κ3) is 7.50. The molecule has 0 aliphatic carbocycles. The van der Waals surface area contributed by atoms with Crippen molar-refractivity contribution >= 4 is 0 Å². The summed E-state index contributed by atoms with van der Waals surface area (Å²) in [5, 5.41) is 0. The first-order chi connectivity index (χ1) is 7.83. The molecule has 0 amide bonds. The quantitative estimate of drug-likeness (QED) is 0.557. The van der Waals surface area contributed by atoms with E-state index in [2.05, 4.69) is 44.2 Å². The summed E-state index contributed by atoms with van der Waals surface area (Å²) >= 11 is 0. The minimum absolute atomic E-state index is 0.837. The number of benzene rings is 1. The highest BCUT2D eigenvalue weighted by Crippen LogP contribution is 2.14. The summed E-state index contributed by atoms with van der Waals surface area (Å²) in [4.78, 5) is 0. The summed E-state index contributed by atoms with van der Waals surface area (Å²) in [7, 11) is 0. The lowest BCUT2D eigenvalue weighted by molar-refractivity contribution is 0.493. The molecule has 92 valence electrons. The van der Waals surface area contributed by atoms with Crippen LogP contribution in [0.4, 0.5) is 0 Å². The van der Waals surface area contributed by atoms with Gasteiger partial charge in [-0.2, -0.15) is 0 Å². The van der Waals surface area contributed by atoms with E-state index >= 15 is 0 Å². The summed E-state index contributed by atoms with van der Waals surface area (Å²) in [5.74, 6) is 0.837. The van der Waals surface area contributed by atoms with E-state index < -0.39 is 0 Å². The molecule has 1 aromatic rings. The molecule has 0 radical (unpaired) electrons. The van der Waals surface area contributed by atoms with Crippen LogP contribution in [0.3, 0.4) is 0 Å². The van der Waals surface area contributed by atoms with Gasteiger partial charge in [-0.25, -0.2) is 0 Å². The Morgan fingerprint density at radius 2 is 1.62 bits per heavy atom. The Hall–Kier alpha value is -0.780. The first-order valence-electron chi connectivity index (χ1n) is 6.87. The van der Waals surface area contributed by atoms with Gasteiger partial charge in [0.25, 0.3) is 0 Å². The third-order valence-electron chi connectivity index (χ3n) is 2.73. The van der Waals surface area contributed by atoms with Gasteiger partial charge in [0.05, 0.1) is 0 Å². The smallest absolute Gasteiger partial charge is 0.0253 e. The van der Waals surface area contributed by atoms with E-state index in [1.54, 1.807) is 0 Å². The van der Waals surface area contributed by atoms with Gasteiger partial charge in [-0.3, -0.25) is 0 Å². The molecule has 0 bridgehead atoms. The maximum Gasteiger partial charge on any atom is -0.0253 e. The first kappa shape index (κ1) is 15.2. The summed E-state index contributed by atoms with van der Waals surface area (Å²) < 4.78 is 0. The third-order valence-corrected chi connectivity index (χ3v) is 2.73. The predicted molar refractivity (Wildman–Crippen MR) is 74.8 cm³/mol. The molecular formula is C16H28. The van der Waals surface area contributed by atoms with Crippen molar-refractivity contribution < 1.29 is 0 Å². The lowest BCUT2D eigenvalue weighted by Gasteiger charge is -2.10. The lowest BCUT2D eigenvalue weighted by Crippen LogP contribution is -1.99. The maximum absolute atomic E-state index is 2.36. The van der Waals surface area contributed by atoms with Crippen molar-refractivity contribution in [3.8, 4) is 0 Å². The van der Waals surface area contributed by atoms with Crippen LogP contribution < -0.4 is 0 Å². The van der Waals surface area contributed by atoms with Gasteiger partial charge in [0.15, 0.2) is 0 Å². The van der Waals surface area contributed by atoms with Gasteiger partial charge < -0.3 is 0 Å². The molecule has 0 aliphatic rings. The van der Waals surface area contributed by atoms with Crippen molar-refractivity contribution in [2.45, 2.75) is 59.8 Å². The Bertz CT molecular complexity index is 225. The molecule has 0 aromatic heterocycles. The molecule has 1 unspecified atom stereocenters. The van der Waals surface area contributed by atoms with Crippen LogP contribution in [0.15, 0.2) is 30.3 Å². The van der Waals surface area contributed by atoms with E-state index in [1.807, 2.05) is 13.8 Å². The lowest BCUT2D eigenvalue weighted by atomic mass is 9.96. The normalized spacial score (nSPS) is 11.5. The Balaban J connectivity index is 0.00000106. The molecule has 0 heteroatoms. The molecular weight excluding hydrogens is 192 g/mol. The summed E-state index contributed by atoms with van der Waals surface area (Å²) in [6.07, 6.45) is 6.73. The zero-order valence-electron chi connectivity index (χ0n) is 11.5. The van der Waals surface area contributed by atoms with Gasteiger partial charge in [0, 0.05) is 0 Å². The van der Waals surface area contributed by atoms with Crippen LogP contribution in [0.25, 0.3) is 0 Å². The van der Waals surface area contributed by atoms with E-state index in [9.17, 15) is 0 Å². The topological polar surface area (TPSA) is 0 Å². The Morgan fingerprint density at radius 1 is 1.00 bits per heavy atom. The molecule has 1 atom stereocenters. The van der Waals surface area contributed by atoms with Gasteiger partial charge in [-0.1, -0.05) is 83.7 Å². The fraction of sp³-hybridized carbons (Fsp3) is 0.625. The van der Waals surface area contributed by atoms with E-state index in [-0.39, 0.29) is 0 Å². The van der Waals surface area contributed by atoms with Gasteiger partial charge in [0.2, 0.25) is 0 Å². The van der Waals surface area contributed by atoms with Crippen molar-refractivity contribution in [1.82, 2.24) is 0 Å². The Kier molecular flexibility index (Phi) is 10.2. The zero-order chi connectivity index (χ0) is 12.2. The molecule has 0 saturated heterocycles. The molecule has 0 spiro atoms. The largest absolute Gasteiger partial charge is 0.0683 e. The average molecular weight is 220 g/mol. The molecule has 0 aliphatic heterocycles. The monoisotopic (exact) mass is 220 g/mol. The Labute approximate surface area is 102 Å². The molecule has 1 aromatic carbocycles. The number of rotatable bonds is 6. The second-order valence-corrected chi connectivity index (χ2v) is 4.29. The average Bonchev–Trinajstić information content (AvgIpc) is 2.33. The highest BCUT2D eigenvalue weighted by molar-refractivity contribution is 5.14. The molecule has 1 rings (SSSR count). The van der Waals surface area contributed by atoms with Gasteiger partial charge >= 0.3 is 0 Å². The molecule has 16 heavy (non-hydrogen) atoms. The fourth-order valence-electron chi connectivity index (χ4n) is 1.86. The van der Waals surface area contributed by atoms with Gasteiger partial charge in [-0.05, 0) is 17.9 Å². The van der Waals surface area contributed by atoms with Crippen LogP contribution >= 0.6 is 0 Å². The second kappa shape index (κ2) is 10.7. The summed E-state index contributed by atoms with van der Waals surface area (Å²) in [6.45, 7) is 8.63. The second-order valence-electron chi connectivity index (χ2n) is 4.29. The molecule has 0 saturated carbocycles. The van der Waals surface area contributed by atoms with Crippen molar-refractivity contribution in [1.29, 1.82) is 0 Å². The summed E-state index contributed by atoms with van der Waals surface area (Å²) in [5.41, 5.74) is 1.48. The predicted octanol–water partition coefficient (Wildman–Crippen LogP) is 5.47. The maximum atomic E-state index is 2.36. The van der Waals surface area contributed by atoms with Crippen LogP contribution in [0.2, 0.25) is 0 Å².